The summed E-state index contributed by atoms with van der Waals surface area (Å²) in [5, 5.41) is 0. The van der Waals surface area contributed by atoms with Crippen LogP contribution in [0.15, 0.2) is 18.2 Å². The fourth-order valence-corrected chi connectivity index (χ4v) is 2.99. The number of aryl methyl sites for hydroxylation is 2. The van der Waals surface area contributed by atoms with E-state index in [1.165, 1.54) is 29.5 Å². The summed E-state index contributed by atoms with van der Waals surface area (Å²) in [5.74, 6) is 0.843. The number of hydrogen-bond acceptors (Lipinski definition) is 1. The van der Waals surface area contributed by atoms with Crippen LogP contribution in [0.2, 0.25) is 0 Å². The van der Waals surface area contributed by atoms with Gasteiger partial charge in [-0.1, -0.05) is 49.1 Å². The van der Waals surface area contributed by atoms with Gasteiger partial charge in [-0.25, -0.2) is 0 Å². The molecule has 0 saturated heterocycles. The molecule has 1 aliphatic rings. The van der Waals surface area contributed by atoms with Crippen LogP contribution in [0.5, 0.6) is 0 Å². The van der Waals surface area contributed by atoms with Gasteiger partial charge in [-0.3, -0.25) is 4.79 Å². The zero-order valence-corrected chi connectivity index (χ0v) is 11.1. The molecule has 1 heteroatoms. The first-order valence-corrected chi connectivity index (χ1v) is 6.70. The average molecular weight is 230 g/mol. The van der Waals surface area contributed by atoms with Crippen molar-refractivity contribution in [3.05, 3.63) is 34.9 Å². The van der Waals surface area contributed by atoms with E-state index in [0.717, 1.165) is 12.8 Å². The van der Waals surface area contributed by atoms with E-state index in [2.05, 4.69) is 39.0 Å². The molecule has 0 radical (unpaired) electrons. The molecular formula is C16H22O. The molecule has 0 spiro atoms. The highest BCUT2D eigenvalue weighted by molar-refractivity contribution is 5.87. The van der Waals surface area contributed by atoms with Crippen LogP contribution in [0.4, 0.5) is 0 Å². The van der Waals surface area contributed by atoms with E-state index in [4.69, 9.17) is 0 Å². The van der Waals surface area contributed by atoms with Crippen molar-refractivity contribution in [2.75, 3.05) is 0 Å². The summed E-state index contributed by atoms with van der Waals surface area (Å²) in [6, 6.07) is 6.48. The summed E-state index contributed by atoms with van der Waals surface area (Å²) in [7, 11) is 0. The lowest BCUT2D eigenvalue weighted by atomic mass is 9.86. The van der Waals surface area contributed by atoms with Crippen LogP contribution < -0.4 is 0 Å². The molecule has 0 aliphatic heterocycles. The predicted octanol–water partition coefficient (Wildman–Crippen LogP) is 4.17. The summed E-state index contributed by atoms with van der Waals surface area (Å²) >= 11 is 0. The van der Waals surface area contributed by atoms with Gasteiger partial charge in [0.05, 0.1) is 0 Å². The Bertz CT molecular complexity index is 393. The van der Waals surface area contributed by atoms with Crippen LogP contribution in [-0.4, -0.2) is 5.78 Å². The summed E-state index contributed by atoms with van der Waals surface area (Å²) in [6.07, 6.45) is 4.67. The van der Waals surface area contributed by atoms with Crippen molar-refractivity contribution in [3.8, 4) is 0 Å². The Kier molecular flexibility index (Phi) is 3.66. The van der Waals surface area contributed by atoms with E-state index in [1.54, 1.807) is 0 Å². The summed E-state index contributed by atoms with van der Waals surface area (Å²) < 4.78 is 0. The lowest BCUT2D eigenvalue weighted by molar-refractivity contribution is -0.123. The SMILES string of the molecule is Cc1cc(C)cc([C@H](C)C(=O)C2CCCC2)c1. The van der Waals surface area contributed by atoms with E-state index < -0.39 is 0 Å². The second-order valence-electron chi connectivity index (χ2n) is 5.53. The molecule has 0 N–H and O–H groups in total. The molecule has 1 saturated carbocycles. The Labute approximate surface area is 104 Å². The summed E-state index contributed by atoms with van der Waals surface area (Å²) in [4.78, 5) is 12.4. The van der Waals surface area contributed by atoms with Gasteiger partial charge < -0.3 is 0 Å². The lowest BCUT2D eigenvalue weighted by Gasteiger charge is -2.16. The monoisotopic (exact) mass is 230 g/mol. The van der Waals surface area contributed by atoms with E-state index in [1.807, 2.05) is 0 Å². The number of hydrogen-bond donors (Lipinski definition) is 0. The minimum Gasteiger partial charge on any atom is -0.299 e. The molecule has 2 rings (SSSR count). The van der Waals surface area contributed by atoms with Crippen LogP contribution in [0.3, 0.4) is 0 Å². The standard InChI is InChI=1S/C16H22O/c1-11-8-12(2)10-15(9-11)13(3)16(17)14-6-4-5-7-14/h8-10,13-14H,4-7H2,1-3H3/t13-/m0/s1. The van der Waals surface area contributed by atoms with Crippen LogP contribution in [-0.2, 0) is 4.79 Å². The highest BCUT2D eigenvalue weighted by atomic mass is 16.1. The number of carbonyl (C=O) groups excluding carboxylic acids is 1. The molecule has 0 heterocycles. The minimum absolute atomic E-state index is 0.0664. The molecule has 1 aromatic carbocycles. The Balaban J connectivity index is 2.17. The maximum atomic E-state index is 12.4. The lowest BCUT2D eigenvalue weighted by Crippen LogP contribution is -2.18. The molecule has 1 aliphatic carbocycles. The van der Waals surface area contributed by atoms with Crippen molar-refractivity contribution in [1.82, 2.24) is 0 Å². The molecule has 0 aromatic heterocycles. The van der Waals surface area contributed by atoms with Gasteiger partial charge in [-0.05, 0) is 32.3 Å². The minimum atomic E-state index is 0.0664. The Morgan fingerprint density at radius 3 is 2.18 bits per heavy atom. The van der Waals surface area contributed by atoms with Gasteiger partial charge in [0.15, 0.2) is 0 Å². The van der Waals surface area contributed by atoms with Crippen molar-refractivity contribution >= 4 is 5.78 Å². The third kappa shape index (κ3) is 2.77. The van der Waals surface area contributed by atoms with Gasteiger partial charge in [0.1, 0.15) is 5.78 Å². The molecule has 1 fully saturated rings. The zero-order chi connectivity index (χ0) is 12.4. The normalized spacial score (nSPS) is 18.3. The fourth-order valence-electron chi connectivity index (χ4n) is 2.99. The second-order valence-corrected chi connectivity index (χ2v) is 5.53. The van der Waals surface area contributed by atoms with Gasteiger partial charge >= 0.3 is 0 Å². The topological polar surface area (TPSA) is 17.1 Å². The zero-order valence-electron chi connectivity index (χ0n) is 11.1. The Hall–Kier alpha value is -1.11. The fraction of sp³-hybridized carbons (Fsp3) is 0.562. The number of benzene rings is 1. The van der Waals surface area contributed by atoms with Crippen LogP contribution in [0.1, 0.15) is 55.2 Å². The maximum Gasteiger partial charge on any atom is 0.143 e. The largest absolute Gasteiger partial charge is 0.299 e. The van der Waals surface area contributed by atoms with E-state index >= 15 is 0 Å². The van der Waals surface area contributed by atoms with Crippen LogP contribution in [0.25, 0.3) is 0 Å². The van der Waals surface area contributed by atoms with Crippen molar-refractivity contribution in [1.29, 1.82) is 0 Å². The number of rotatable bonds is 3. The quantitative estimate of drug-likeness (QED) is 0.761. The van der Waals surface area contributed by atoms with E-state index in [9.17, 15) is 4.79 Å². The van der Waals surface area contributed by atoms with E-state index in [-0.39, 0.29) is 5.92 Å². The number of carbonyl (C=O) groups is 1. The number of ketones is 1. The average Bonchev–Trinajstić information content (AvgIpc) is 2.79. The Morgan fingerprint density at radius 1 is 1.12 bits per heavy atom. The van der Waals surface area contributed by atoms with Crippen LogP contribution >= 0.6 is 0 Å². The van der Waals surface area contributed by atoms with Crippen LogP contribution in [0, 0.1) is 19.8 Å². The van der Waals surface area contributed by atoms with Crippen molar-refractivity contribution < 1.29 is 4.79 Å². The second kappa shape index (κ2) is 5.03. The van der Waals surface area contributed by atoms with Gasteiger partial charge in [-0.2, -0.15) is 0 Å². The third-order valence-corrected chi connectivity index (χ3v) is 3.93. The summed E-state index contributed by atoms with van der Waals surface area (Å²) in [6.45, 7) is 6.27. The molecule has 92 valence electrons. The Morgan fingerprint density at radius 2 is 1.65 bits per heavy atom. The van der Waals surface area contributed by atoms with E-state index in [0.29, 0.717) is 11.7 Å². The third-order valence-electron chi connectivity index (χ3n) is 3.93. The highest BCUT2D eigenvalue weighted by Crippen LogP contribution is 2.31. The van der Waals surface area contributed by atoms with Gasteiger partial charge in [-0.15, -0.1) is 0 Å². The number of Topliss-reactive ketones (excluding diaryl/α,β-unsaturated/α-hetero) is 1. The van der Waals surface area contributed by atoms with Crippen molar-refractivity contribution in [2.45, 2.75) is 52.4 Å². The van der Waals surface area contributed by atoms with Crippen molar-refractivity contribution in [2.24, 2.45) is 5.92 Å². The van der Waals surface area contributed by atoms with Crippen molar-refractivity contribution in [3.63, 3.8) is 0 Å². The predicted molar refractivity (Wildman–Crippen MR) is 71.3 cm³/mol. The summed E-state index contributed by atoms with van der Waals surface area (Å²) in [5.41, 5.74) is 3.71. The molecule has 1 atom stereocenters. The molecular weight excluding hydrogens is 208 g/mol. The van der Waals surface area contributed by atoms with Gasteiger partial charge in [0, 0.05) is 11.8 Å². The molecule has 1 nitrogen and oxygen atoms in total. The van der Waals surface area contributed by atoms with Gasteiger partial charge in [0.25, 0.3) is 0 Å². The van der Waals surface area contributed by atoms with Gasteiger partial charge in [0.2, 0.25) is 0 Å². The first kappa shape index (κ1) is 12.3. The molecule has 0 amide bonds. The first-order valence-electron chi connectivity index (χ1n) is 6.70. The molecule has 1 aromatic rings. The highest BCUT2D eigenvalue weighted by Gasteiger charge is 2.27. The molecule has 0 unspecified atom stereocenters. The first-order chi connectivity index (χ1) is 8.08. The maximum absolute atomic E-state index is 12.4. The molecule has 0 bridgehead atoms. The molecule has 17 heavy (non-hydrogen) atoms. The smallest absolute Gasteiger partial charge is 0.143 e.